The number of hydrogen-bond acceptors (Lipinski definition) is 6. The number of benzene rings is 1. The Bertz CT molecular complexity index is 649. The Hall–Kier alpha value is -1.86. The number of ether oxygens (including phenoxy) is 1. The summed E-state index contributed by atoms with van der Waals surface area (Å²) < 4.78 is 5.04. The van der Waals surface area contributed by atoms with Gasteiger partial charge in [-0.25, -0.2) is 9.97 Å². The molecular formula is C14H17N3O3S. The van der Waals surface area contributed by atoms with Crippen molar-refractivity contribution >= 4 is 34.3 Å². The maximum Gasteiger partial charge on any atom is 0.304 e. The third-order valence-corrected chi connectivity index (χ3v) is 3.81. The predicted molar refractivity (Wildman–Crippen MR) is 82.5 cm³/mol. The minimum Gasteiger partial charge on any atom is -0.481 e. The topological polar surface area (TPSA) is 98.3 Å². The quantitative estimate of drug-likeness (QED) is 0.458. The minimum atomic E-state index is -0.819. The van der Waals surface area contributed by atoms with Gasteiger partial charge < -0.3 is 15.6 Å². The summed E-state index contributed by atoms with van der Waals surface area (Å²) in [6, 6.07) is 5.46. The predicted octanol–water partition coefficient (Wildman–Crippen LogP) is 1.97. The van der Waals surface area contributed by atoms with Crippen LogP contribution >= 0.6 is 11.8 Å². The zero-order valence-corrected chi connectivity index (χ0v) is 12.5. The first kappa shape index (κ1) is 15.5. The zero-order valence-electron chi connectivity index (χ0n) is 11.7. The molecule has 0 saturated heterocycles. The molecule has 0 amide bonds. The molecule has 0 radical (unpaired) electrons. The van der Waals surface area contributed by atoms with Crippen LogP contribution in [0.25, 0.3) is 10.9 Å². The number of fused-ring (bicyclic) bond motifs is 1. The lowest BCUT2D eigenvalue weighted by Gasteiger charge is -2.08. The molecule has 0 aliphatic rings. The van der Waals surface area contributed by atoms with Crippen LogP contribution in [-0.2, 0) is 16.0 Å². The van der Waals surface area contributed by atoms with Crippen LogP contribution in [-0.4, -0.2) is 40.5 Å². The van der Waals surface area contributed by atoms with Crippen molar-refractivity contribution in [1.82, 2.24) is 9.97 Å². The van der Waals surface area contributed by atoms with Gasteiger partial charge in [0, 0.05) is 30.4 Å². The number of hydrogen-bond donors (Lipinski definition) is 2. The highest BCUT2D eigenvalue weighted by atomic mass is 32.2. The van der Waals surface area contributed by atoms with Gasteiger partial charge in [0.05, 0.1) is 18.5 Å². The largest absolute Gasteiger partial charge is 0.481 e. The highest BCUT2D eigenvalue weighted by molar-refractivity contribution is 7.99. The standard InChI is InChI=1S/C14H17N3O3S/c1-20-6-4-12-16-11-3-2-9(15)8-10(11)14(17-12)21-7-5-13(18)19/h2-3,8H,4-7,15H2,1H3,(H,18,19). The molecule has 1 heterocycles. The molecule has 0 aliphatic heterocycles. The van der Waals surface area contributed by atoms with E-state index in [0.717, 1.165) is 15.9 Å². The van der Waals surface area contributed by atoms with Crippen LogP contribution in [0.5, 0.6) is 0 Å². The number of rotatable bonds is 7. The van der Waals surface area contributed by atoms with Crippen LogP contribution in [0.1, 0.15) is 12.2 Å². The smallest absolute Gasteiger partial charge is 0.304 e. The summed E-state index contributed by atoms with van der Waals surface area (Å²) in [5.41, 5.74) is 7.25. The molecule has 21 heavy (non-hydrogen) atoms. The van der Waals surface area contributed by atoms with Crippen LogP contribution in [0.3, 0.4) is 0 Å². The zero-order chi connectivity index (χ0) is 15.2. The van der Waals surface area contributed by atoms with Gasteiger partial charge in [-0.3, -0.25) is 4.79 Å². The van der Waals surface area contributed by atoms with E-state index >= 15 is 0 Å². The maximum absolute atomic E-state index is 10.6. The number of methoxy groups -OCH3 is 1. The third-order valence-electron chi connectivity index (χ3n) is 2.82. The molecule has 7 heteroatoms. The first-order valence-electron chi connectivity index (χ1n) is 6.50. The van der Waals surface area contributed by atoms with Gasteiger partial charge >= 0.3 is 5.97 Å². The molecular weight excluding hydrogens is 290 g/mol. The van der Waals surface area contributed by atoms with E-state index in [-0.39, 0.29) is 6.42 Å². The van der Waals surface area contributed by atoms with Crippen molar-refractivity contribution < 1.29 is 14.6 Å². The Kier molecular flexibility index (Phi) is 5.35. The Balaban J connectivity index is 2.32. The van der Waals surface area contributed by atoms with Gasteiger partial charge in [0.2, 0.25) is 0 Å². The van der Waals surface area contributed by atoms with Gasteiger partial charge in [-0.2, -0.15) is 0 Å². The number of anilines is 1. The Labute approximate surface area is 126 Å². The lowest BCUT2D eigenvalue weighted by Crippen LogP contribution is -2.03. The number of nitrogens with two attached hydrogens (primary N) is 1. The van der Waals surface area contributed by atoms with E-state index in [2.05, 4.69) is 9.97 Å². The van der Waals surface area contributed by atoms with Crippen molar-refractivity contribution in [3.05, 3.63) is 24.0 Å². The number of nitrogens with zero attached hydrogens (tertiary/aromatic N) is 2. The monoisotopic (exact) mass is 307 g/mol. The highest BCUT2D eigenvalue weighted by Crippen LogP contribution is 2.27. The molecule has 0 aliphatic carbocycles. The Morgan fingerprint density at radius 2 is 2.24 bits per heavy atom. The van der Waals surface area contributed by atoms with Crippen LogP contribution in [0.15, 0.2) is 23.2 Å². The molecule has 0 spiro atoms. The molecule has 0 unspecified atom stereocenters. The molecule has 112 valence electrons. The summed E-state index contributed by atoms with van der Waals surface area (Å²) in [6.07, 6.45) is 0.704. The van der Waals surface area contributed by atoms with Crippen LogP contribution in [0.2, 0.25) is 0 Å². The molecule has 0 bridgehead atoms. The van der Waals surface area contributed by atoms with E-state index in [9.17, 15) is 4.79 Å². The summed E-state index contributed by atoms with van der Waals surface area (Å²) in [7, 11) is 1.63. The Morgan fingerprint density at radius 3 is 2.95 bits per heavy atom. The van der Waals surface area contributed by atoms with Crippen molar-refractivity contribution in [3.8, 4) is 0 Å². The number of carboxylic acid groups (broad SMARTS) is 1. The Morgan fingerprint density at radius 1 is 1.43 bits per heavy atom. The summed E-state index contributed by atoms with van der Waals surface area (Å²) in [5, 5.41) is 10.4. The molecule has 2 aromatic rings. The van der Waals surface area contributed by atoms with Crippen LogP contribution in [0.4, 0.5) is 5.69 Å². The lowest BCUT2D eigenvalue weighted by molar-refractivity contribution is -0.136. The van der Waals surface area contributed by atoms with E-state index in [4.69, 9.17) is 15.6 Å². The van der Waals surface area contributed by atoms with E-state index in [1.54, 1.807) is 13.2 Å². The summed E-state index contributed by atoms with van der Waals surface area (Å²) in [5.74, 6) is 0.326. The van der Waals surface area contributed by atoms with Gasteiger partial charge in [-0.1, -0.05) is 0 Å². The summed E-state index contributed by atoms with van der Waals surface area (Å²) in [6.45, 7) is 0.541. The molecule has 6 nitrogen and oxygen atoms in total. The van der Waals surface area contributed by atoms with Crippen molar-refractivity contribution in [3.63, 3.8) is 0 Å². The number of aromatic nitrogens is 2. The molecule has 3 N–H and O–H groups in total. The van der Waals surface area contributed by atoms with Crippen molar-refractivity contribution in [2.24, 2.45) is 0 Å². The normalized spacial score (nSPS) is 10.9. The van der Waals surface area contributed by atoms with E-state index in [1.807, 2.05) is 12.1 Å². The molecule has 0 saturated carbocycles. The van der Waals surface area contributed by atoms with Crippen LogP contribution in [0, 0.1) is 0 Å². The van der Waals surface area contributed by atoms with Crippen molar-refractivity contribution in [1.29, 1.82) is 0 Å². The van der Waals surface area contributed by atoms with Crippen molar-refractivity contribution in [2.75, 3.05) is 25.2 Å². The maximum atomic E-state index is 10.6. The van der Waals surface area contributed by atoms with Gasteiger partial charge in [0.25, 0.3) is 0 Å². The first-order valence-corrected chi connectivity index (χ1v) is 7.48. The van der Waals surface area contributed by atoms with Gasteiger partial charge in [0.15, 0.2) is 0 Å². The number of nitrogen functional groups attached to an aromatic ring is 1. The fraction of sp³-hybridized carbons (Fsp3) is 0.357. The second kappa shape index (κ2) is 7.24. The third kappa shape index (κ3) is 4.30. The SMILES string of the molecule is COCCc1nc(SCCC(=O)O)c2cc(N)ccc2n1. The molecule has 1 aromatic heterocycles. The molecule has 2 rings (SSSR count). The summed E-state index contributed by atoms with van der Waals surface area (Å²) >= 11 is 1.41. The molecule has 0 fully saturated rings. The number of carbonyl (C=O) groups is 1. The van der Waals surface area contributed by atoms with Crippen LogP contribution < -0.4 is 5.73 Å². The summed E-state index contributed by atoms with van der Waals surface area (Å²) in [4.78, 5) is 19.6. The fourth-order valence-corrected chi connectivity index (χ4v) is 2.77. The number of aliphatic carboxylic acids is 1. The van der Waals surface area contributed by atoms with Crippen molar-refractivity contribution in [2.45, 2.75) is 17.9 Å². The minimum absolute atomic E-state index is 0.0892. The molecule has 0 atom stereocenters. The average Bonchev–Trinajstić information content (AvgIpc) is 2.45. The van der Waals surface area contributed by atoms with E-state index in [1.165, 1.54) is 11.8 Å². The van der Waals surface area contributed by atoms with Gasteiger partial charge in [-0.05, 0) is 18.2 Å². The average molecular weight is 307 g/mol. The van der Waals surface area contributed by atoms with E-state index in [0.29, 0.717) is 30.3 Å². The molecule has 1 aromatic carbocycles. The number of carboxylic acids is 1. The highest BCUT2D eigenvalue weighted by Gasteiger charge is 2.10. The fourth-order valence-electron chi connectivity index (χ4n) is 1.81. The number of thioether (sulfide) groups is 1. The van der Waals surface area contributed by atoms with E-state index < -0.39 is 5.97 Å². The second-order valence-electron chi connectivity index (χ2n) is 4.46. The lowest BCUT2D eigenvalue weighted by atomic mass is 10.2. The second-order valence-corrected chi connectivity index (χ2v) is 5.54. The van der Waals surface area contributed by atoms with Gasteiger partial charge in [0.1, 0.15) is 10.9 Å². The van der Waals surface area contributed by atoms with Gasteiger partial charge in [-0.15, -0.1) is 11.8 Å². The first-order chi connectivity index (χ1) is 10.1.